The molecule has 1 aromatic heterocycles. The number of aryl methyl sites for hydroxylation is 1. The van der Waals surface area contributed by atoms with Crippen LogP contribution in [0.2, 0.25) is 0 Å². The normalized spacial score (nSPS) is 11.7. The molecule has 0 aliphatic carbocycles. The number of nitrogens with zero attached hydrogens (tertiary/aromatic N) is 2. The van der Waals surface area contributed by atoms with Gasteiger partial charge in [-0.2, -0.15) is 0 Å². The van der Waals surface area contributed by atoms with E-state index < -0.39 is 0 Å². The molecule has 0 fully saturated rings. The lowest BCUT2D eigenvalue weighted by Crippen LogP contribution is -2.37. The maximum Gasteiger partial charge on any atom is 0.203 e. The maximum atomic E-state index is 5.32. The molecule has 1 rings (SSSR count). The number of guanidine groups is 1. The molecule has 0 bridgehead atoms. The van der Waals surface area contributed by atoms with Crippen LogP contribution in [-0.2, 0) is 6.54 Å². The number of nitrogens with one attached hydrogen (secondary N) is 1. The van der Waals surface area contributed by atoms with Crippen LogP contribution in [0.15, 0.2) is 10.4 Å². The van der Waals surface area contributed by atoms with Crippen LogP contribution in [0.1, 0.15) is 10.7 Å². The Balaban J connectivity index is 2.53. The van der Waals surface area contributed by atoms with Gasteiger partial charge in [0.1, 0.15) is 5.01 Å². The van der Waals surface area contributed by atoms with Gasteiger partial charge in [0, 0.05) is 11.1 Å². The molecular formula is C6H11N5S. The maximum absolute atomic E-state index is 5.32. The van der Waals surface area contributed by atoms with Crippen molar-refractivity contribution in [3.8, 4) is 0 Å². The van der Waals surface area contributed by atoms with Crippen molar-refractivity contribution in [2.45, 2.75) is 13.5 Å². The summed E-state index contributed by atoms with van der Waals surface area (Å²) in [6, 6.07) is 0. The highest BCUT2D eigenvalue weighted by atomic mass is 32.1. The molecule has 5 nitrogen and oxygen atoms in total. The number of thiazole rings is 1. The van der Waals surface area contributed by atoms with E-state index in [-0.39, 0.29) is 5.96 Å². The third kappa shape index (κ3) is 2.48. The number of aliphatic imine (C=N–C) groups is 1. The van der Waals surface area contributed by atoms with E-state index in [1.165, 1.54) is 0 Å². The number of hydrogen-bond donors (Lipinski definition) is 3. The molecule has 0 atom stereocenters. The Morgan fingerprint density at radius 2 is 2.58 bits per heavy atom. The second-order valence-electron chi connectivity index (χ2n) is 2.23. The second-order valence-corrected chi connectivity index (χ2v) is 3.17. The minimum Gasteiger partial charge on any atom is -0.369 e. The second kappa shape index (κ2) is 4.03. The quantitative estimate of drug-likeness (QED) is 0.256. The Morgan fingerprint density at radius 1 is 1.83 bits per heavy atom. The number of hydrogen-bond acceptors (Lipinski definition) is 4. The molecule has 0 saturated heterocycles. The molecule has 1 aromatic rings. The number of hydrazine groups is 1. The Bertz CT molecular complexity index is 279. The summed E-state index contributed by atoms with van der Waals surface area (Å²) >= 11 is 1.56. The van der Waals surface area contributed by atoms with Crippen LogP contribution in [0.4, 0.5) is 0 Å². The van der Waals surface area contributed by atoms with E-state index in [2.05, 4.69) is 15.4 Å². The van der Waals surface area contributed by atoms with E-state index in [0.29, 0.717) is 6.54 Å². The van der Waals surface area contributed by atoms with Crippen LogP contribution < -0.4 is 17.0 Å². The first-order valence-corrected chi connectivity index (χ1v) is 4.28. The van der Waals surface area contributed by atoms with Gasteiger partial charge in [-0.05, 0) is 6.92 Å². The van der Waals surface area contributed by atoms with Gasteiger partial charge in [-0.3, -0.25) is 5.43 Å². The van der Waals surface area contributed by atoms with Gasteiger partial charge in [-0.1, -0.05) is 0 Å². The first-order valence-electron chi connectivity index (χ1n) is 3.40. The standard InChI is InChI=1S/C6H11N5S/c1-4-3-12-5(10-4)2-9-6(7)11-8/h3H,2,8H2,1H3,(H3,7,9,11). The van der Waals surface area contributed by atoms with Crippen molar-refractivity contribution in [1.29, 1.82) is 0 Å². The molecule has 0 aliphatic heterocycles. The smallest absolute Gasteiger partial charge is 0.203 e. The Hall–Kier alpha value is -1.14. The molecule has 12 heavy (non-hydrogen) atoms. The van der Waals surface area contributed by atoms with Gasteiger partial charge < -0.3 is 5.73 Å². The molecule has 0 unspecified atom stereocenters. The Kier molecular flexibility index (Phi) is 3.01. The number of nitrogens with two attached hydrogens (primary N) is 2. The zero-order valence-electron chi connectivity index (χ0n) is 6.74. The van der Waals surface area contributed by atoms with E-state index in [9.17, 15) is 0 Å². The van der Waals surface area contributed by atoms with E-state index in [4.69, 9.17) is 11.6 Å². The van der Waals surface area contributed by atoms with Crippen molar-refractivity contribution >= 4 is 17.3 Å². The zero-order chi connectivity index (χ0) is 8.97. The van der Waals surface area contributed by atoms with Crippen LogP contribution in [0.25, 0.3) is 0 Å². The molecular weight excluding hydrogens is 174 g/mol. The summed E-state index contributed by atoms with van der Waals surface area (Å²) in [6.07, 6.45) is 0. The van der Waals surface area contributed by atoms with Crippen LogP contribution >= 0.6 is 11.3 Å². The summed E-state index contributed by atoms with van der Waals surface area (Å²) in [6.45, 7) is 2.42. The van der Waals surface area contributed by atoms with Gasteiger partial charge >= 0.3 is 0 Å². The fourth-order valence-electron chi connectivity index (χ4n) is 0.674. The average Bonchev–Trinajstić information content (AvgIpc) is 2.47. The lowest BCUT2D eigenvalue weighted by atomic mass is 10.6. The fraction of sp³-hybridized carbons (Fsp3) is 0.333. The molecule has 0 amide bonds. The molecule has 6 heteroatoms. The minimum absolute atomic E-state index is 0.225. The lowest BCUT2D eigenvalue weighted by Gasteiger charge is -1.95. The zero-order valence-corrected chi connectivity index (χ0v) is 7.56. The highest BCUT2D eigenvalue weighted by molar-refractivity contribution is 7.09. The van der Waals surface area contributed by atoms with Crippen molar-refractivity contribution in [3.05, 3.63) is 16.1 Å². The number of rotatable bonds is 2. The van der Waals surface area contributed by atoms with Crippen LogP contribution in [0.3, 0.4) is 0 Å². The molecule has 0 spiro atoms. The molecule has 5 N–H and O–H groups in total. The monoisotopic (exact) mass is 185 g/mol. The van der Waals surface area contributed by atoms with Gasteiger partial charge in [0.25, 0.3) is 0 Å². The highest BCUT2D eigenvalue weighted by Gasteiger charge is 1.96. The van der Waals surface area contributed by atoms with E-state index in [0.717, 1.165) is 10.7 Å². The largest absolute Gasteiger partial charge is 0.369 e. The predicted octanol–water partition coefficient (Wildman–Crippen LogP) is -0.270. The fourth-order valence-corrected chi connectivity index (χ4v) is 1.37. The highest BCUT2D eigenvalue weighted by Crippen LogP contribution is 2.08. The Morgan fingerprint density at radius 3 is 3.08 bits per heavy atom. The van der Waals surface area contributed by atoms with Gasteiger partial charge in [-0.25, -0.2) is 15.8 Å². The minimum atomic E-state index is 0.225. The Labute approximate surface area is 74.5 Å². The molecule has 0 saturated carbocycles. The first kappa shape index (κ1) is 8.95. The third-order valence-electron chi connectivity index (χ3n) is 1.20. The van der Waals surface area contributed by atoms with Gasteiger partial charge in [0.15, 0.2) is 0 Å². The van der Waals surface area contributed by atoms with Crippen molar-refractivity contribution in [2.24, 2.45) is 16.6 Å². The summed E-state index contributed by atoms with van der Waals surface area (Å²) in [5.74, 6) is 5.24. The van der Waals surface area contributed by atoms with Crippen LogP contribution in [-0.4, -0.2) is 10.9 Å². The van der Waals surface area contributed by atoms with E-state index >= 15 is 0 Å². The molecule has 0 aromatic carbocycles. The average molecular weight is 185 g/mol. The van der Waals surface area contributed by atoms with Gasteiger partial charge in [-0.15, -0.1) is 11.3 Å². The van der Waals surface area contributed by atoms with Crippen LogP contribution in [0, 0.1) is 6.92 Å². The van der Waals surface area contributed by atoms with Crippen LogP contribution in [0.5, 0.6) is 0 Å². The summed E-state index contributed by atoms with van der Waals surface area (Å²) in [7, 11) is 0. The molecule has 1 heterocycles. The van der Waals surface area contributed by atoms with E-state index in [1.54, 1.807) is 11.3 Å². The molecule has 66 valence electrons. The molecule has 0 radical (unpaired) electrons. The van der Waals surface area contributed by atoms with Crippen molar-refractivity contribution in [1.82, 2.24) is 10.4 Å². The summed E-state index contributed by atoms with van der Waals surface area (Å²) in [5, 5.41) is 2.90. The predicted molar refractivity (Wildman–Crippen MR) is 49.5 cm³/mol. The van der Waals surface area contributed by atoms with Gasteiger partial charge in [0.2, 0.25) is 5.96 Å². The SMILES string of the molecule is Cc1csc(CN=C(N)NN)n1. The summed E-state index contributed by atoms with van der Waals surface area (Å²) in [5.41, 5.74) is 8.57. The van der Waals surface area contributed by atoms with Gasteiger partial charge in [0.05, 0.1) is 6.54 Å². The van der Waals surface area contributed by atoms with Crippen molar-refractivity contribution in [3.63, 3.8) is 0 Å². The number of aromatic nitrogens is 1. The van der Waals surface area contributed by atoms with E-state index in [1.807, 2.05) is 12.3 Å². The van der Waals surface area contributed by atoms with Crippen molar-refractivity contribution < 1.29 is 0 Å². The summed E-state index contributed by atoms with van der Waals surface area (Å²) < 4.78 is 0. The molecule has 0 aliphatic rings. The van der Waals surface area contributed by atoms with Crippen molar-refractivity contribution in [2.75, 3.05) is 0 Å². The topological polar surface area (TPSA) is 89.3 Å². The first-order chi connectivity index (χ1) is 5.72. The lowest BCUT2D eigenvalue weighted by molar-refractivity contribution is 0.946. The summed E-state index contributed by atoms with van der Waals surface area (Å²) in [4.78, 5) is 8.14. The third-order valence-corrected chi connectivity index (χ3v) is 2.15.